The van der Waals surface area contributed by atoms with Crippen LogP contribution in [0.25, 0.3) is 21.5 Å². The van der Waals surface area contributed by atoms with Crippen molar-refractivity contribution < 1.29 is 9.90 Å². The molecule has 0 amide bonds. The Morgan fingerprint density at radius 3 is 2.55 bits per heavy atom. The lowest BCUT2D eigenvalue weighted by Gasteiger charge is -2.09. The molecule has 1 heterocycles. The van der Waals surface area contributed by atoms with Crippen molar-refractivity contribution in [1.29, 1.82) is 0 Å². The van der Waals surface area contributed by atoms with Crippen molar-refractivity contribution in [2.24, 2.45) is 0 Å². The summed E-state index contributed by atoms with van der Waals surface area (Å²) in [6, 6.07) is 12.9. The van der Waals surface area contributed by atoms with Gasteiger partial charge >= 0.3 is 0 Å². The standard InChI is InChI=1S/C18H14OS.CH4O/c1-3-11-5-6-12-9-14-10(2)4-7-13-16(14)17(15(12)8-11)20-18(13)19;1-2/h4-9H,3H2,1-2H3;2H,1H3. The Labute approximate surface area is 134 Å². The van der Waals surface area contributed by atoms with E-state index in [1.807, 2.05) is 6.07 Å². The van der Waals surface area contributed by atoms with Gasteiger partial charge in [0.15, 0.2) is 0 Å². The summed E-state index contributed by atoms with van der Waals surface area (Å²) in [6.45, 7) is 4.28. The predicted molar refractivity (Wildman–Crippen MR) is 93.9 cm³/mol. The van der Waals surface area contributed by atoms with Gasteiger partial charge < -0.3 is 5.11 Å². The Morgan fingerprint density at radius 2 is 1.82 bits per heavy atom. The minimum Gasteiger partial charge on any atom is -0.400 e. The van der Waals surface area contributed by atoms with Gasteiger partial charge in [-0.05, 0) is 64.5 Å². The molecule has 22 heavy (non-hydrogen) atoms. The first-order valence-corrected chi connectivity index (χ1v) is 8.16. The highest BCUT2D eigenvalue weighted by Gasteiger charge is 2.25. The molecule has 1 N–H and O–H groups in total. The molecule has 4 rings (SSSR count). The molecule has 0 saturated carbocycles. The quantitative estimate of drug-likeness (QED) is 0.661. The molecule has 0 saturated heterocycles. The van der Waals surface area contributed by atoms with Crippen LogP contribution in [0.1, 0.15) is 28.4 Å². The van der Waals surface area contributed by atoms with Crippen molar-refractivity contribution >= 4 is 38.4 Å². The van der Waals surface area contributed by atoms with Gasteiger partial charge in [0.1, 0.15) is 0 Å². The maximum Gasteiger partial charge on any atom is 0.224 e. The Balaban J connectivity index is 0.000000693. The zero-order valence-electron chi connectivity index (χ0n) is 12.9. The van der Waals surface area contributed by atoms with E-state index in [0.717, 1.165) is 29.4 Å². The molecule has 2 nitrogen and oxygen atoms in total. The zero-order valence-corrected chi connectivity index (χ0v) is 13.8. The molecule has 0 aliphatic carbocycles. The fraction of sp³-hybridized carbons (Fsp3) is 0.211. The van der Waals surface area contributed by atoms with E-state index in [1.54, 1.807) is 0 Å². The van der Waals surface area contributed by atoms with Gasteiger partial charge in [-0.15, -0.1) is 0 Å². The highest BCUT2D eigenvalue weighted by Crippen LogP contribution is 2.45. The molecule has 0 aromatic heterocycles. The smallest absolute Gasteiger partial charge is 0.224 e. The average molecular weight is 310 g/mol. The van der Waals surface area contributed by atoms with E-state index < -0.39 is 0 Å². The van der Waals surface area contributed by atoms with Crippen LogP contribution >= 0.6 is 11.8 Å². The molecular formula is C19H18O2S. The second kappa shape index (κ2) is 5.75. The number of carbonyl (C=O) groups is 1. The highest BCUT2D eigenvalue weighted by molar-refractivity contribution is 8.15. The molecule has 0 radical (unpaired) electrons. The SMILES string of the molecule is CCc1ccc2cc3c(C)ccc4c3c(c2c1)SC4=O.CO. The van der Waals surface area contributed by atoms with Crippen LogP contribution in [0.5, 0.6) is 0 Å². The van der Waals surface area contributed by atoms with Crippen LogP contribution in [0.3, 0.4) is 0 Å². The van der Waals surface area contributed by atoms with Crippen LogP contribution in [-0.2, 0) is 6.42 Å². The fourth-order valence-corrected chi connectivity index (χ4v) is 4.09. The summed E-state index contributed by atoms with van der Waals surface area (Å²) < 4.78 is 0. The molecule has 0 bridgehead atoms. The Hall–Kier alpha value is -1.84. The average Bonchev–Trinajstić information content (AvgIpc) is 2.90. The minimum absolute atomic E-state index is 0.180. The van der Waals surface area contributed by atoms with Crippen molar-refractivity contribution in [3.63, 3.8) is 0 Å². The van der Waals surface area contributed by atoms with E-state index in [4.69, 9.17) is 5.11 Å². The number of thioether (sulfide) groups is 1. The molecule has 3 aromatic carbocycles. The van der Waals surface area contributed by atoms with E-state index in [0.29, 0.717) is 0 Å². The topological polar surface area (TPSA) is 37.3 Å². The van der Waals surface area contributed by atoms with Crippen molar-refractivity contribution in [2.75, 3.05) is 7.11 Å². The number of fused-ring (bicyclic) bond motifs is 2. The predicted octanol–water partition coefficient (Wildman–Crippen LogP) is 4.72. The van der Waals surface area contributed by atoms with E-state index >= 15 is 0 Å². The number of carbonyl (C=O) groups excluding carboxylic acids is 1. The number of aliphatic hydroxyl groups is 1. The summed E-state index contributed by atoms with van der Waals surface area (Å²) in [6.07, 6.45) is 1.02. The number of hydrogen-bond acceptors (Lipinski definition) is 3. The molecule has 1 aliphatic heterocycles. The van der Waals surface area contributed by atoms with Crippen LogP contribution in [-0.4, -0.2) is 17.3 Å². The highest BCUT2D eigenvalue weighted by atomic mass is 32.2. The molecule has 1 aliphatic rings. The first-order valence-electron chi connectivity index (χ1n) is 7.35. The van der Waals surface area contributed by atoms with Gasteiger partial charge in [0, 0.05) is 23.0 Å². The van der Waals surface area contributed by atoms with Gasteiger partial charge in [-0.1, -0.05) is 31.2 Å². The summed E-state index contributed by atoms with van der Waals surface area (Å²) in [5, 5.41) is 12.0. The summed E-state index contributed by atoms with van der Waals surface area (Å²) >= 11 is 1.39. The fourth-order valence-electron chi connectivity index (χ4n) is 3.01. The zero-order chi connectivity index (χ0) is 15.9. The second-order valence-corrected chi connectivity index (χ2v) is 6.34. The molecule has 3 aromatic rings. The third-order valence-corrected chi connectivity index (χ3v) is 5.21. The molecular weight excluding hydrogens is 292 g/mol. The Kier molecular flexibility index (Phi) is 3.94. The molecule has 112 valence electrons. The van der Waals surface area contributed by atoms with Crippen molar-refractivity contribution in [3.05, 3.63) is 53.1 Å². The molecule has 0 atom stereocenters. The van der Waals surface area contributed by atoms with Crippen LogP contribution in [0, 0.1) is 6.92 Å². The summed E-state index contributed by atoms with van der Waals surface area (Å²) in [5.74, 6) is 0. The lowest BCUT2D eigenvalue weighted by Crippen LogP contribution is -1.88. The number of benzene rings is 3. The normalized spacial score (nSPS) is 12.6. The molecule has 0 fully saturated rings. The van der Waals surface area contributed by atoms with Crippen LogP contribution in [0.2, 0.25) is 0 Å². The third kappa shape index (κ3) is 2.13. The number of hydrogen-bond donors (Lipinski definition) is 1. The number of aryl methyl sites for hydroxylation is 2. The minimum atomic E-state index is 0.180. The van der Waals surface area contributed by atoms with Gasteiger partial charge in [-0.2, -0.15) is 0 Å². The van der Waals surface area contributed by atoms with Crippen LogP contribution in [0.4, 0.5) is 0 Å². The van der Waals surface area contributed by atoms with Crippen LogP contribution < -0.4 is 0 Å². The molecule has 0 spiro atoms. The van der Waals surface area contributed by atoms with Crippen molar-refractivity contribution in [1.82, 2.24) is 0 Å². The number of rotatable bonds is 1. The maximum atomic E-state index is 12.2. The van der Waals surface area contributed by atoms with Crippen LogP contribution in [0.15, 0.2) is 41.3 Å². The maximum absolute atomic E-state index is 12.2. The lowest BCUT2D eigenvalue weighted by molar-refractivity contribution is 0.109. The Morgan fingerprint density at radius 1 is 1.05 bits per heavy atom. The van der Waals surface area contributed by atoms with E-state index in [-0.39, 0.29) is 5.12 Å². The molecule has 0 unspecified atom stereocenters. The summed E-state index contributed by atoms with van der Waals surface area (Å²) in [7, 11) is 1.00. The largest absolute Gasteiger partial charge is 0.400 e. The van der Waals surface area contributed by atoms with E-state index in [2.05, 4.69) is 44.2 Å². The lowest BCUT2D eigenvalue weighted by atomic mass is 9.96. The summed E-state index contributed by atoms with van der Waals surface area (Å²) in [5.41, 5.74) is 3.43. The molecule has 3 heteroatoms. The number of aliphatic hydroxyl groups excluding tert-OH is 1. The van der Waals surface area contributed by atoms with Gasteiger partial charge in [0.05, 0.1) is 0 Å². The van der Waals surface area contributed by atoms with Gasteiger partial charge in [0.25, 0.3) is 0 Å². The monoisotopic (exact) mass is 310 g/mol. The Bertz CT molecular complexity index is 897. The van der Waals surface area contributed by atoms with E-state index in [1.165, 1.54) is 39.0 Å². The first kappa shape index (κ1) is 15.1. The van der Waals surface area contributed by atoms with Crippen molar-refractivity contribution in [2.45, 2.75) is 25.2 Å². The van der Waals surface area contributed by atoms with Gasteiger partial charge in [0.2, 0.25) is 5.12 Å². The first-order chi connectivity index (χ1) is 10.7. The van der Waals surface area contributed by atoms with Crippen molar-refractivity contribution in [3.8, 4) is 0 Å². The third-order valence-electron chi connectivity index (χ3n) is 4.18. The summed E-state index contributed by atoms with van der Waals surface area (Å²) in [4.78, 5) is 13.4. The van der Waals surface area contributed by atoms with E-state index in [9.17, 15) is 4.79 Å². The van der Waals surface area contributed by atoms with Gasteiger partial charge in [-0.25, -0.2) is 0 Å². The second-order valence-electron chi connectivity index (χ2n) is 5.36. The van der Waals surface area contributed by atoms with Gasteiger partial charge in [-0.3, -0.25) is 4.79 Å².